The van der Waals surface area contributed by atoms with E-state index in [1.165, 1.54) is 0 Å². The van der Waals surface area contributed by atoms with Crippen LogP contribution in [0.4, 0.5) is 5.69 Å². The van der Waals surface area contributed by atoms with Gasteiger partial charge in [0.15, 0.2) is 0 Å². The molecule has 0 spiro atoms. The van der Waals surface area contributed by atoms with Gasteiger partial charge in [-0.25, -0.2) is 4.98 Å². The summed E-state index contributed by atoms with van der Waals surface area (Å²) in [5.41, 5.74) is 4.88. The zero-order valence-electron chi connectivity index (χ0n) is 16.6. The average Bonchev–Trinajstić information content (AvgIpc) is 3.42. The lowest BCUT2D eigenvalue weighted by Gasteiger charge is -2.23. The third-order valence-electron chi connectivity index (χ3n) is 5.59. The van der Waals surface area contributed by atoms with E-state index in [1.807, 2.05) is 60.8 Å². The number of imidazole rings is 1. The first-order valence-electron chi connectivity index (χ1n) is 10.3. The summed E-state index contributed by atoms with van der Waals surface area (Å²) in [5, 5.41) is 3.08. The highest BCUT2D eigenvalue weighted by molar-refractivity contribution is 5.95. The van der Waals surface area contributed by atoms with Gasteiger partial charge in [0, 0.05) is 30.2 Å². The summed E-state index contributed by atoms with van der Waals surface area (Å²) < 4.78 is 0. The molecule has 2 aromatic heterocycles. The molecular formula is C24H23N5O. The van der Waals surface area contributed by atoms with Gasteiger partial charge in [-0.05, 0) is 67.4 Å². The lowest BCUT2D eigenvalue weighted by atomic mass is 10.1. The van der Waals surface area contributed by atoms with Gasteiger partial charge < -0.3 is 10.3 Å². The Morgan fingerprint density at radius 3 is 2.77 bits per heavy atom. The van der Waals surface area contributed by atoms with E-state index in [2.05, 4.69) is 31.2 Å². The largest absolute Gasteiger partial charge is 0.338 e. The number of anilines is 1. The van der Waals surface area contributed by atoms with Crippen LogP contribution >= 0.6 is 0 Å². The zero-order valence-corrected chi connectivity index (χ0v) is 16.6. The van der Waals surface area contributed by atoms with Crippen LogP contribution in [0.25, 0.3) is 22.4 Å². The van der Waals surface area contributed by atoms with E-state index in [1.54, 1.807) is 6.20 Å². The van der Waals surface area contributed by atoms with Crippen LogP contribution < -0.4 is 5.32 Å². The second-order valence-corrected chi connectivity index (χ2v) is 7.66. The first-order valence-corrected chi connectivity index (χ1v) is 10.3. The predicted molar refractivity (Wildman–Crippen MR) is 118 cm³/mol. The van der Waals surface area contributed by atoms with Gasteiger partial charge in [0.2, 0.25) is 5.91 Å². The summed E-state index contributed by atoms with van der Waals surface area (Å²) >= 11 is 0. The Morgan fingerprint density at radius 1 is 1.10 bits per heavy atom. The van der Waals surface area contributed by atoms with Crippen molar-refractivity contribution in [2.75, 3.05) is 11.9 Å². The van der Waals surface area contributed by atoms with Crippen molar-refractivity contribution in [2.24, 2.45) is 0 Å². The molecule has 6 heteroatoms. The van der Waals surface area contributed by atoms with Gasteiger partial charge in [0.05, 0.1) is 17.1 Å². The number of aromatic nitrogens is 3. The van der Waals surface area contributed by atoms with Gasteiger partial charge in [0.25, 0.3) is 0 Å². The second kappa shape index (κ2) is 8.08. The van der Waals surface area contributed by atoms with Gasteiger partial charge >= 0.3 is 0 Å². The highest BCUT2D eigenvalue weighted by Gasteiger charge is 2.30. The molecule has 2 N–H and O–H groups in total. The standard InChI is InChI=1S/C24H23N5O/c30-24(22-8-4-14-29(22)16-17-5-3-13-25-15-17)26-19-11-9-18(10-12-19)23-27-20-6-1-2-7-21(20)28-23/h1-3,5-7,9-13,15,22H,4,8,14,16H2,(H,26,30)(H,27,28). The quantitative estimate of drug-likeness (QED) is 0.529. The normalized spacial score (nSPS) is 16.7. The van der Waals surface area contributed by atoms with E-state index in [-0.39, 0.29) is 11.9 Å². The molecule has 1 aliphatic heterocycles. The highest BCUT2D eigenvalue weighted by Crippen LogP contribution is 2.24. The fraction of sp³-hybridized carbons (Fsp3) is 0.208. The predicted octanol–water partition coefficient (Wildman–Crippen LogP) is 4.23. The van der Waals surface area contributed by atoms with Crippen LogP contribution in [-0.2, 0) is 11.3 Å². The number of hydrogen-bond acceptors (Lipinski definition) is 4. The maximum Gasteiger partial charge on any atom is 0.241 e. The molecule has 0 radical (unpaired) electrons. The minimum Gasteiger partial charge on any atom is -0.338 e. The van der Waals surface area contributed by atoms with E-state index in [4.69, 9.17) is 0 Å². The Balaban J connectivity index is 1.26. The monoisotopic (exact) mass is 397 g/mol. The third-order valence-corrected chi connectivity index (χ3v) is 5.59. The summed E-state index contributed by atoms with van der Waals surface area (Å²) in [6.45, 7) is 1.68. The Labute approximate surface area is 175 Å². The summed E-state index contributed by atoms with van der Waals surface area (Å²) in [5.74, 6) is 0.875. The van der Waals surface area contributed by atoms with Crippen LogP contribution in [0.2, 0.25) is 0 Å². The van der Waals surface area contributed by atoms with Crippen LogP contribution in [-0.4, -0.2) is 38.3 Å². The van der Waals surface area contributed by atoms with Gasteiger partial charge in [-0.1, -0.05) is 18.2 Å². The summed E-state index contributed by atoms with van der Waals surface area (Å²) in [4.78, 5) is 27.3. The Morgan fingerprint density at radius 2 is 1.97 bits per heavy atom. The van der Waals surface area contributed by atoms with Crippen molar-refractivity contribution in [1.82, 2.24) is 19.9 Å². The summed E-state index contributed by atoms with van der Waals surface area (Å²) in [7, 11) is 0. The highest BCUT2D eigenvalue weighted by atomic mass is 16.2. The third kappa shape index (κ3) is 3.82. The summed E-state index contributed by atoms with van der Waals surface area (Å²) in [6, 6.07) is 19.7. The van der Waals surface area contributed by atoms with Gasteiger partial charge in [-0.2, -0.15) is 0 Å². The fourth-order valence-corrected chi connectivity index (χ4v) is 4.06. The van der Waals surface area contributed by atoms with Gasteiger partial charge in [-0.15, -0.1) is 0 Å². The molecule has 1 fully saturated rings. The zero-order chi connectivity index (χ0) is 20.3. The average molecular weight is 397 g/mol. The number of benzene rings is 2. The number of aromatic amines is 1. The number of hydrogen-bond donors (Lipinski definition) is 2. The molecule has 1 atom stereocenters. The second-order valence-electron chi connectivity index (χ2n) is 7.66. The molecule has 1 saturated heterocycles. The van der Waals surface area contributed by atoms with Crippen molar-refractivity contribution in [3.05, 3.63) is 78.6 Å². The number of likely N-dealkylation sites (tertiary alicyclic amines) is 1. The van der Waals surface area contributed by atoms with E-state index < -0.39 is 0 Å². The first-order chi connectivity index (χ1) is 14.8. The molecule has 6 nitrogen and oxygen atoms in total. The smallest absolute Gasteiger partial charge is 0.241 e. The Hall–Kier alpha value is -3.51. The van der Waals surface area contributed by atoms with Crippen LogP contribution in [0.1, 0.15) is 18.4 Å². The number of pyridine rings is 1. The number of para-hydroxylation sites is 2. The molecule has 1 aliphatic rings. The number of carbonyl (C=O) groups is 1. The molecule has 1 unspecified atom stereocenters. The number of rotatable bonds is 5. The minimum atomic E-state index is -0.111. The van der Waals surface area contributed by atoms with Crippen molar-refractivity contribution in [3.63, 3.8) is 0 Å². The van der Waals surface area contributed by atoms with Crippen LogP contribution in [0, 0.1) is 0 Å². The molecule has 1 amide bonds. The van der Waals surface area contributed by atoms with Crippen molar-refractivity contribution in [2.45, 2.75) is 25.4 Å². The molecule has 4 aromatic rings. The van der Waals surface area contributed by atoms with E-state index in [0.717, 1.165) is 59.6 Å². The molecule has 0 saturated carbocycles. The molecule has 0 bridgehead atoms. The van der Waals surface area contributed by atoms with Crippen LogP contribution in [0.15, 0.2) is 73.1 Å². The van der Waals surface area contributed by atoms with E-state index >= 15 is 0 Å². The van der Waals surface area contributed by atoms with E-state index in [0.29, 0.717) is 0 Å². The molecule has 5 rings (SSSR count). The number of fused-ring (bicyclic) bond motifs is 1. The maximum atomic E-state index is 12.9. The molecule has 30 heavy (non-hydrogen) atoms. The van der Waals surface area contributed by atoms with Crippen molar-refractivity contribution >= 4 is 22.6 Å². The molecule has 0 aliphatic carbocycles. The lowest BCUT2D eigenvalue weighted by Crippen LogP contribution is -2.39. The molecule has 3 heterocycles. The van der Waals surface area contributed by atoms with Gasteiger partial charge in [0.1, 0.15) is 5.82 Å². The van der Waals surface area contributed by atoms with E-state index in [9.17, 15) is 4.79 Å². The lowest BCUT2D eigenvalue weighted by molar-refractivity contribution is -0.120. The number of H-pyrrole nitrogens is 1. The Bertz CT molecular complexity index is 1120. The van der Waals surface area contributed by atoms with Crippen LogP contribution in [0.5, 0.6) is 0 Å². The summed E-state index contributed by atoms with van der Waals surface area (Å²) in [6.07, 6.45) is 5.54. The maximum absolute atomic E-state index is 12.9. The first kappa shape index (κ1) is 18.5. The SMILES string of the molecule is O=C(Nc1ccc(-c2nc3ccccc3[nH]2)cc1)C1CCCN1Cc1cccnc1. The topological polar surface area (TPSA) is 73.9 Å². The van der Waals surface area contributed by atoms with Gasteiger partial charge in [-0.3, -0.25) is 14.7 Å². The molecule has 2 aromatic carbocycles. The Kier molecular flexibility index (Phi) is 4.99. The van der Waals surface area contributed by atoms with Crippen molar-refractivity contribution in [1.29, 1.82) is 0 Å². The number of carbonyl (C=O) groups excluding carboxylic acids is 1. The van der Waals surface area contributed by atoms with Crippen molar-refractivity contribution in [3.8, 4) is 11.4 Å². The fourth-order valence-electron chi connectivity index (χ4n) is 4.06. The minimum absolute atomic E-state index is 0.0490. The number of nitrogens with zero attached hydrogens (tertiary/aromatic N) is 3. The number of nitrogens with one attached hydrogen (secondary N) is 2. The molecule has 150 valence electrons. The molecular weight excluding hydrogens is 374 g/mol. The number of amides is 1. The van der Waals surface area contributed by atoms with Crippen LogP contribution in [0.3, 0.4) is 0 Å². The van der Waals surface area contributed by atoms with Crippen molar-refractivity contribution < 1.29 is 4.79 Å².